The van der Waals surface area contributed by atoms with E-state index in [-0.39, 0.29) is 0 Å². The van der Waals surface area contributed by atoms with Crippen LogP contribution < -0.4 is 10.6 Å². The maximum atomic E-state index is 4.46. The minimum absolute atomic E-state index is 0.506. The Labute approximate surface area is 122 Å². The Bertz CT molecular complexity index is 432. The number of rotatable bonds is 5. The first kappa shape index (κ1) is 15.1. The minimum atomic E-state index is 0.506. The van der Waals surface area contributed by atoms with Crippen LogP contribution in [0.1, 0.15) is 58.9 Å². The third-order valence-corrected chi connectivity index (χ3v) is 4.32. The van der Waals surface area contributed by atoms with Gasteiger partial charge in [-0.25, -0.2) is 9.97 Å². The molecule has 4 nitrogen and oxygen atoms in total. The van der Waals surface area contributed by atoms with Gasteiger partial charge < -0.3 is 10.6 Å². The van der Waals surface area contributed by atoms with Crippen molar-refractivity contribution in [1.29, 1.82) is 0 Å². The Kier molecular flexibility index (Phi) is 4.84. The molecule has 0 unspecified atom stereocenters. The van der Waals surface area contributed by atoms with Crippen molar-refractivity contribution in [1.82, 2.24) is 9.97 Å². The molecule has 1 aromatic heterocycles. The Morgan fingerprint density at radius 3 is 2.40 bits per heavy atom. The van der Waals surface area contributed by atoms with Crippen molar-refractivity contribution in [2.24, 2.45) is 5.41 Å². The topological polar surface area (TPSA) is 49.8 Å². The van der Waals surface area contributed by atoms with Gasteiger partial charge in [0.05, 0.1) is 0 Å². The fourth-order valence-electron chi connectivity index (χ4n) is 2.93. The quantitative estimate of drug-likeness (QED) is 0.857. The molecule has 112 valence electrons. The standard InChI is InChI=1S/C16H28N4/c1-5-13-14(17-6-2)18-11-19-15(13)20-12-7-9-16(3,4)10-8-12/h11-12H,5-10H2,1-4H3,(H2,17,18,19,20). The zero-order valence-electron chi connectivity index (χ0n) is 13.3. The maximum Gasteiger partial charge on any atom is 0.134 e. The molecule has 1 heterocycles. The molecule has 0 amide bonds. The Morgan fingerprint density at radius 2 is 1.80 bits per heavy atom. The van der Waals surface area contributed by atoms with Gasteiger partial charge in [-0.3, -0.25) is 0 Å². The van der Waals surface area contributed by atoms with Gasteiger partial charge in [-0.15, -0.1) is 0 Å². The Morgan fingerprint density at radius 1 is 1.15 bits per heavy atom. The van der Waals surface area contributed by atoms with E-state index in [1.165, 1.54) is 31.2 Å². The smallest absolute Gasteiger partial charge is 0.134 e. The summed E-state index contributed by atoms with van der Waals surface area (Å²) in [5.74, 6) is 1.99. The average Bonchev–Trinajstić information content (AvgIpc) is 2.42. The predicted octanol–water partition coefficient (Wildman–Crippen LogP) is 3.85. The van der Waals surface area contributed by atoms with Crippen molar-refractivity contribution in [3.8, 4) is 0 Å². The number of hydrogen-bond donors (Lipinski definition) is 2. The number of hydrogen-bond acceptors (Lipinski definition) is 4. The van der Waals surface area contributed by atoms with Gasteiger partial charge >= 0.3 is 0 Å². The van der Waals surface area contributed by atoms with Crippen molar-refractivity contribution in [3.63, 3.8) is 0 Å². The highest BCUT2D eigenvalue weighted by molar-refractivity contribution is 5.57. The third-order valence-electron chi connectivity index (χ3n) is 4.32. The first-order valence-corrected chi connectivity index (χ1v) is 7.90. The second kappa shape index (κ2) is 6.42. The molecule has 0 aromatic carbocycles. The van der Waals surface area contributed by atoms with Gasteiger partial charge in [0.15, 0.2) is 0 Å². The van der Waals surface area contributed by atoms with Crippen LogP contribution in [-0.2, 0) is 6.42 Å². The molecule has 2 rings (SSSR count). The maximum absolute atomic E-state index is 4.46. The molecule has 1 fully saturated rings. The van der Waals surface area contributed by atoms with Gasteiger partial charge in [-0.2, -0.15) is 0 Å². The van der Waals surface area contributed by atoms with E-state index in [9.17, 15) is 0 Å². The van der Waals surface area contributed by atoms with Gasteiger partial charge in [0.25, 0.3) is 0 Å². The minimum Gasteiger partial charge on any atom is -0.370 e. The summed E-state index contributed by atoms with van der Waals surface area (Å²) in [4.78, 5) is 8.81. The molecule has 0 radical (unpaired) electrons. The summed E-state index contributed by atoms with van der Waals surface area (Å²) in [5, 5.41) is 6.97. The van der Waals surface area contributed by atoms with Crippen molar-refractivity contribution >= 4 is 11.6 Å². The molecular weight excluding hydrogens is 248 g/mol. The number of aromatic nitrogens is 2. The first-order valence-electron chi connectivity index (χ1n) is 7.90. The molecule has 0 bridgehead atoms. The summed E-state index contributed by atoms with van der Waals surface area (Å²) < 4.78 is 0. The average molecular weight is 276 g/mol. The molecule has 1 saturated carbocycles. The summed E-state index contributed by atoms with van der Waals surface area (Å²) >= 11 is 0. The van der Waals surface area contributed by atoms with E-state index in [1.54, 1.807) is 6.33 Å². The van der Waals surface area contributed by atoms with Gasteiger partial charge in [0.1, 0.15) is 18.0 Å². The fourth-order valence-corrected chi connectivity index (χ4v) is 2.93. The zero-order chi connectivity index (χ0) is 14.6. The number of nitrogens with zero attached hydrogens (tertiary/aromatic N) is 2. The lowest BCUT2D eigenvalue weighted by atomic mass is 9.75. The second-order valence-corrected chi connectivity index (χ2v) is 6.52. The zero-order valence-corrected chi connectivity index (χ0v) is 13.3. The van der Waals surface area contributed by atoms with E-state index in [1.807, 2.05) is 0 Å². The molecule has 0 spiro atoms. The highest BCUT2D eigenvalue weighted by Crippen LogP contribution is 2.36. The predicted molar refractivity (Wildman–Crippen MR) is 85.2 cm³/mol. The van der Waals surface area contributed by atoms with Gasteiger partial charge in [0.2, 0.25) is 0 Å². The second-order valence-electron chi connectivity index (χ2n) is 6.52. The molecule has 0 saturated heterocycles. The molecule has 0 aliphatic heterocycles. The molecule has 0 atom stereocenters. The first-order chi connectivity index (χ1) is 9.55. The van der Waals surface area contributed by atoms with Crippen LogP contribution >= 0.6 is 0 Å². The van der Waals surface area contributed by atoms with E-state index in [0.717, 1.165) is 24.6 Å². The largest absolute Gasteiger partial charge is 0.370 e. The van der Waals surface area contributed by atoms with Crippen molar-refractivity contribution in [2.45, 2.75) is 65.8 Å². The lowest BCUT2D eigenvalue weighted by molar-refractivity contribution is 0.232. The van der Waals surface area contributed by atoms with Crippen LogP contribution in [0, 0.1) is 5.41 Å². The molecule has 1 aliphatic rings. The molecular formula is C16H28N4. The van der Waals surface area contributed by atoms with Gasteiger partial charge in [-0.05, 0) is 44.4 Å². The molecule has 4 heteroatoms. The van der Waals surface area contributed by atoms with E-state index in [4.69, 9.17) is 0 Å². The highest BCUT2D eigenvalue weighted by Gasteiger charge is 2.27. The van der Waals surface area contributed by atoms with Crippen LogP contribution in [0.25, 0.3) is 0 Å². The van der Waals surface area contributed by atoms with Crippen molar-refractivity contribution in [2.75, 3.05) is 17.2 Å². The molecule has 2 N–H and O–H groups in total. The summed E-state index contributed by atoms with van der Waals surface area (Å²) in [7, 11) is 0. The Balaban J connectivity index is 2.07. The van der Waals surface area contributed by atoms with E-state index < -0.39 is 0 Å². The lowest BCUT2D eigenvalue weighted by Crippen LogP contribution is -2.30. The van der Waals surface area contributed by atoms with Crippen LogP contribution in [0.2, 0.25) is 0 Å². The number of nitrogens with one attached hydrogen (secondary N) is 2. The lowest BCUT2D eigenvalue weighted by Gasteiger charge is -2.35. The monoisotopic (exact) mass is 276 g/mol. The highest BCUT2D eigenvalue weighted by atomic mass is 15.1. The molecule has 20 heavy (non-hydrogen) atoms. The van der Waals surface area contributed by atoms with Crippen molar-refractivity contribution < 1.29 is 0 Å². The van der Waals surface area contributed by atoms with E-state index in [0.29, 0.717) is 11.5 Å². The summed E-state index contributed by atoms with van der Waals surface area (Å²) in [6, 6.07) is 0.553. The van der Waals surface area contributed by atoms with Crippen LogP contribution in [0.4, 0.5) is 11.6 Å². The van der Waals surface area contributed by atoms with Gasteiger partial charge in [-0.1, -0.05) is 20.8 Å². The summed E-state index contributed by atoms with van der Waals surface area (Å²) in [6.45, 7) is 9.89. The van der Waals surface area contributed by atoms with Gasteiger partial charge in [0, 0.05) is 18.2 Å². The molecule has 1 aromatic rings. The Hall–Kier alpha value is -1.32. The fraction of sp³-hybridized carbons (Fsp3) is 0.750. The number of anilines is 2. The summed E-state index contributed by atoms with van der Waals surface area (Å²) in [6.07, 6.45) is 7.65. The van der Waals surface area contributed by atoms with E-state index in [2.05, 4.69) is 48.3 Å². The normalized spacial score (nSPS) is 18.8. The van der Waals surface area contributed by atoms with E-state index >= 15 is 0 Å². The van der Waals surface area contributed by atoms with Crippen LogP contribution in [0.3, 0.4) is 0 Å². The van der Waals surface area contributed by atoms with Crippen LogP contribution in [-0.4, -0.2) is 22.6 Å². The molecule has 1 aliphatic carbocycles. The SMILES string of the molecule is CCNc1ncnc(NC2CCC(C)(C)CC2)c1CC. The van der Waals surface area contributed by atoms with Crippen LogP contribution in [0.5, 0.6) is 0 Å². The van der Waals surface area contributed by atoms with Crippen LogP contribution in [0.15, 0.2) is 6.33 Å². The summed E-state index contributed by atoms with van der Waals surface area (Å²) in [5.41, 5.74) is 1.71. The third kappa shape index (κ3) is 3.62. The van der Waals surface area contributed by atoms with Crippen molar-refractivity contribution in [3.05, 3.63) is 11.9 Å².